The van der Waals surface area contributed by atoms with Crippen LogP contribution in [0.25, 0.3) is 0 Å². The molecule has 2 aliphatic heterocycles. The summed E-state index contributed by atoms with van der Waals surface area (Å²) in [5.41, 5.74) is 5.91. The highest BCUT2D eigenvalue weighted by atomic mass is 16.5. The second-order valence-corrected chi connectivity index (χ2v) is 14.1. The number of phenolic OH excluding ortho intramolecular Hbond substituents is 1. The van der Waals surface area contributed by atoms with Crippen molar-refractivity contribution in [2.75, 3.05) is 45.9 Å². The number of unbranched alkanes of at least 4 members (excludes halogenated alkanes) is 1. The van der Waals surface area contributed by atoms with Crippen molar-refractivity contribution in [3.8, 4) is 17.2 Å². The summed E-state index contributed by atoms with van der Waals surface area (Å²) in [5, 5.41) is 12.5. The van der Waals surface area contributed by atoms with Crippen LogP contribution in [-0.2, 0) is 20.8 Å². The first-order valence-electron chi connectivity index (χ1n) is 18.6. The first-order chi connectivity index (χ1) is 25.4. The first kappa shape index (κ1) is 35.3. The van der Waals surface area contributed by atoms with E-state index in [9.17, 15) is 19.5 Å². The molecule has 1 aliphatic carbocycles. The van der Waals surface area contributed by atoms with Crippen LogP contribution in [0.15, 0.2) is 97.1 Å². The van der Waals surface area contributed by atoms with Crippen LogP contribution in [-0.4, -0.2) is 78.6 Å². The van der Waals surface area contributed by atoms with Crippen LogP contribution >= 0.6 is 0 Å². The zero-order chi connectivity index (χ0) is 35.9. The summed E-state index contributed by atoms with van der Waals surface area (Å²) in [6, 6.07) is 32.4. The van der Waals surface area contributed by atoms with E-state index < -0.39 is 0 Å². The number of benzene rings is 4. The Morgan fingerprint density at radius 3 is 2.33 bits per heavy atom. The smallest absolute Gasteiger partial charge is 0.260 e. The Kier molecular flexibility index (Phi) is 11.2. The number of nitrogens with one attached hydrogen (secondary N) is 1. The number of carbonyl (C=O) groups excluding carboxylic acids is 3. The molecule has 2 N–H and O–H groups in total. The molecule has 1 unspecified atom stereocenters. The second kappa shape index (κ2) is 16.5. The van der Waals surface area contributed by atoms with Crippen molar-refractivity contribution < 1.29 is 29.0 Å². The number of amides is 3. The van der Waals surface area contributed by atoms with Gasteiger partial charge in [-0.15, -0.1) is 0 Å². The molecule has 270 valence electrons. The van der Waals surface area contributed by atoms with Crippen molar-refractivity contribution in [1.82, 2.24) is 15.1 Å². The van der Waals surface area contributed by atoms with E-state index in [1.165, 1.54) is 22.3 Å². The minimum Gasteiger partial charge on any atom is -0.508 e. The van der Waals surface area contributed by atoms with Crippen LogP contribution in [0.1, 0.15) is 77.7 Å². The number of ether oxygens (including phenoxy) is 2. The van der Waals surface area contributed by atoms with Crippen LogP contribution in [0.4, 0.5) is 0 Å². The highest BCUT2D eigenvalue weighted by Gasteiger charge is 2.32. The van der Waals surface area contributed by atoms with E-state index >= 15 is 0 Å². The molecule has 0 spiro atoms. The molecular formula is C43H47N3O6. The normalized spacial score (nSPS) is 20.5. The third kappa shape index (κ3) is 8.48. The van der Waals surface area contributed by atoms with E-state index in [2.05, 4.69) is 70.9 Å². The molecule has 2 saturated heterocycles. The van der Waals surface area contributed by atoms with Crippen LogP contribution in [0.3, 0.4) is 0 Å². The van der Waals surface area contributed by atoms with E-state index in [-0.39, 0.29) is 36.2 Å². The van der Waals surface area contributed by atoms with Gasteiger partial charge in [-0.05, 0) is 109 Å². The first-order valence-corrected chi connectivity index (χ1v) is 18.6. The van der Waals surface area contributed by atoms with Crippen molar-refractivity contribution in [2.45, 2.75) is 56.3 Å². The number of piperazine rings is 1. The van der Waals surface area contributed by atoms with Gasteiger partial charge in [0.05, 0.1) is 12.5 Å². The predicted molar refractivity (Wildman–Crippen MR) is 199 cm³/mol. The fourth-order valence-electron chi connectivity index (χ4n) is 7.97. The highest BCUT2D eigenvalue weighted by molar-refractivity contribution is 6.01. The summed E-state index contributed by atoms with van der Waals surface area (Å²) >= 11 is 0. The SMILES string of the molecule is O=C1CCC(c2cccc(OCC(=O)N3CCN(CCCCOc4ccc([C@@H]5c6ccc(O)cc6CC[C@@H]5c5ccccc5)cc4)CC3)c2)C(=O)N1. The predicted octanol–water partition coefficient (Wildman–Crippen LogP) is 6.16. The average molecular weight is 702 g/mol. The Morgan fingerprint density at radius 1 is 0.750 bits per heavy atom. The van der Waals surface area contributed by atoms with Crippen molar-refractivity contribution in [3.05, 3.63) is 125 Å². The molecule has 3 amide bonds. The molecule has 4 aromatic carbocycles. The number of piperidine rings is 1. The summed E-state index contributed by atoms with van der Waals surface area (Å²) in [5.74, 6) is 1.36. The minimum atomic E-state index is -0.389. The molecule has 7 rings (SSSR count). The standard InChI is InChI=1S/C43H47N3O6/c47-34-14-18-38-33(27-34)13-17-37(30-7-2-1-3-8-30)42(38)31-11-15-35(16-12-31)51-26-5-4-21-45-22-24-46(25-23-45)41(49)29-52-36-10-6-9-32(28-36)39-19-20-40(48)44-43(39)50/h1-3,6-12,14-16,18,27-28,37,39,42,47H,4-5,13,17,19-26,29H2,(H,44,48,50)/t37-,39?,42+/m1/s1. The maximum atomic E-state index is 12.9. The number of aromatic hydroxyl groups is 1. The molecular weight excluding hydrogens is 654 g/mol. The number of imide groups is 1. The van der Waals surface area contributed by atoms with E-state index in [0.29, 0.717) is 50.0 Å². The molecule has 9 heteroatoms. The topological polar surface area (TPSA) is 108 Å². The Balaban J connectivity index is 0.827. The van der Waals surface area contributed by atoms with Gasteiger partial charge in [0.25, 0.3) is 5.91 Å². The van der Waals surface area contributed by atoms with Gasteiger partial charge in [-0.2, -0.15) is 0 Å². The Bertz CT molecular complexity index is 1850. The number of phenols is 1. The van der Waals surface area contributed by atoms with E-state index in [4.69, 9.17) is 9.47 Å². The van der Waals surface area contributed by atoms with Crippen LogP contribution < -0.4 is 14.8 Å². The van der Waals surface area contributed by atoms with Gasteiger partial charge in [-0.3, -0.25) is 24.6 Å². The molecule has 2 heterocycles. The van der Waals surface area contributed by atoms with E-state index in [0.717, 1.165) is 56.6 Å². The summed E-state index contributed by atoms with van der Waals surface area (Å²) < 4.78 is 12.0. The van der Waals surface area contributed by atoms with E-state index in [1.807, 2.05) is 29.2 Å². The average Bonchev–Trinajstić information content (AvgIpc) is 3.17. The zero-order valence-electron chi connectivity index (χ0n) is 29.5. The quantitative estimate of drug-likeness (QED) is 0.135. The number of aryl methyl sites for hydroxylation is 1. The summed E-state index contributed by atoms with van der Waals surface area (Å²) in [6.45, 7) is 4.55. The Morgan fingerprint density at radius 2 is 1.54 bits per heavy atom. The summed E-state index contributed by atoms with van der Waals surface area (Å²) in [4.78, 5) is 40.9. The number of hydrogen-bond acceptors (Lipinski definition) is 7. The van der Waals surface area contributed by atoms with Gasteiger partial charge in [-0.1, -0.05) is 60.7 Å². The molecule has 52 heavy (non-hydrogen) atoms. The van der Waals surface area contributed by atoms with Gasteiger partial charge in [-0.25, -0.2) is 0 Å². The lowest BCUT2D eigenvalue weighted by Crippen LogP contribution is -2.50. The monoisotopic (exact) mass is 701 g/mol. The molecule has 9 nitrogen and oxygen atoms in total. The maximum Gasteiger partial charge on any atom is 0.260 e. The molecule has 2 fully saturated rings. The number of carbonyl (C=O) groups is 3. The van der Waals surface area contributed by atoms with Crippen molar-refractivity contribution >= 4 is 17.7 Å². The minimum absolute atomic E-state index is 0.0481. The molecule has 4 aromatic rings. The number of fused-ring (bicyclic) bond motifs is 1. The van der Waals surface area contributed by atoms with Crippen LogP contribution in [0, 0.1) is 0 Å². The number of nitrogens with zero attached hydrogens (tertiary/aromatic N) is 2. The van der Waals surface area contributed by atoms with Gasteiger partial charge in [0.15, 0.2) is 6.61 Å². The molecule has 3 atom stereocenters. The van der Waals surface area contributed by atoms with Gasteiger partial charge < -0.3 is 19.5 Å². The Labute approximate surface area is 305 Å². The maximum absolute atomic E-state index is 12.9. The van der Waals surface area contributed by atoms with Crippen LogP contribution in [0.2, 0.25) is 0 Å². The van der Waals surface area contributed by atoms with Crippen molar-refractivity contribution in [1.29, 1.82) is 0 Å². The second-order valence-electron chi connectivity index (χ2n) is 14.1. The molecule has 0 aromatic heterocycles. The van der Waals surface area contributed by atoms with E-state index in [1.54, 1.807) is 12.1 Å². The highest BCUT2D eigenvalue weighted by Crippen LogP contribution is 2.47. The lowest BCUT2D eigenvalue weighted by atomic mass is 9.69. The zero-order valence-corrected chi connectivity index (χ0v) is 29.5. The lowest BCUT2D eigenvalue weighted by Gasteiger charge is -2.35. The fourth-order valence-corrected chi connectivity index (χ4v) is 7.97. The van der Waals surface area contributed by atoms with Crippen molar-refractivity contribution in [3.63, 3.8) is 0 Å². The summed E-state index contributed by atoms with van der Waals surface area (Å²) in [7, 11) is 0. The lowest BCUT2D eigenvalue weighted by molar-refractivity contribution is -0.136. The van der Waals surface area contributed by atoms with Crippen molar-refractivity contribution in [2.24, 2.45) is 0 Å². The number of hydrogen-bond donors (Lipinski definition) is 2. The third-order valence-corrected chi connectivity index (χ3v) is 10.8. The largest absolute Gasteiger partial charge is 0.508 e. The Hall–Kier alpha value is -5.15. The fraction of sp³-hybridized carbons (Fsp3) is 0.372. The molecule has 0 bridgehead atoms. The van der Waals surface area contributed by atoms with Gasteiger partial charge in [0.2, 0.25) is 11.8 Å². The van der Waals surface area contributed by atoms with Gasteiger partial charge in [0.1, 0.15) is 17.2 Å². The van der Waals surface area contributed by atoms with Gasteiger partial charge >= 0.3 is 0 Å². The molecule has 3 aliphatic rings. The molecule has 0 radical (unpaired) electrons. The third-order valence-electron chi connectivity index (χ3n) is 10.8. The van der Waals surface area contributed by atoms with Crippen LogP contribution in [0.5, 0.6) is 17.2 Å². The molecule has 0 saturated carbocycles. The summed E-state index contributed by atoms with van der Waals surface area (Å²) in [6.07, 6.45) is 4.74. The number of rotatable bonds is 12. The van der Waals surface area contributed by atoms with Gasteiger partial charge in [0, 0.05) is 38.5 Å².